The number of nitrogens with one attached hydrogen (secondary N) is 1. The van der Waals surface area contributed by atoms with Crippen molar-refractivity contribution in [1.82, 2.24) is 13.7 Å². The number of carbonyl (C=O) groups excluding carboxylic acids is 1. The molecule has 0 aliphatic heterocycles. The largest absolute Gasteiger partial charge is 0.338 e. The molecule has 0 atom stereocenters. The Bertz CT molecular complexity index is 1720. The SMILES string of the molecule is Cc1ccc2c(c1)c1c(c(=O)n(-c3ccccc3)c(=O)n1CC(=O)Nc1c(C)cccc1C)n2C. The van der Waals surface area contributed by atoms with Gasteiger partial charge >= 0.3 is 5.69 Å². The molecule has 2 aromatic heterocycles. The smallest absolute Gasteiger partial charge is 0.336 e. The minimum absolute atomic E-state index is 0.233. The maximum atomic E-state index is 13.8. The molecule has 7 heteroatoms. The number of aryl methyl sites for hydroxylation is 4. The average molecular weight is 467 g/mol. The average Bonchev–Trinajstić information content (AvgIpc) is 3.11. The Balaban J connectivity index is 1.78. The lowest BCUT2D eigenvalue weighted by atomic mass is 10.1. The zero-order chi connectivity index (χ0) is 24.9. The van der Waals surface area contributed by atoms with Crippen LogP contribution >= 0.6 is 0 Å². The fourth-order valence-electron chi connectivity index (χ4n) is 4.75. The molecule has 0 unspecified atom stereocenters. The minimum atomic E-state index is -0.556. The number of aromatic nitrogens is 3. The van der Waals surface area contributed by atoms with Crippen LogP contribution in [0, 0.1) is 20.8 Å². The highest BCUT2D eigenvalue weighted by molar-refractivity contribution is 6.06. The quantitative estimate of drug-likeness (QED) is 0.431. The van der Waals surface area contributed by atoms with Crippen LogP contribution in [-0.4, -0.2) is 19.6 Å². The van der Waals surface area contributed by atoms with Gasteiger partial charge in [0.1, 0.15) is 12.1 Å². The summed E-state index contributed by atoms with van der Waals surface area (Å²) >= 11 is 0. The second kappa shape index (κ2) is 8.43. The summed E-state index contributed by atoms with van der Waals surface area (Å²) in [6.45, 7) is 5.58. The summed E-state index contributed by atoms with van der Waals surface area (Å²) in [4.78, 5) is 40.7. The summed E-state index contributed by atoms with van der Waals surface area (Å²) in [5.74, 6) is -0.339. The molecule has 35 heavy (non-hydrogen) atoms. The summed E-state index contributed by atoms with van der Waals surface area (Å²) in [6, 6.07) is 20.4. The Kier molecular flexibility index (Phi) is 5.40. The summed E-state index contributed by atoms with van der Waals surface area (Å²) in [5, 5.41) is 3.73. The van der Waals surface area contributed by atoms with Gasteiger partial charge < -0.3 is 9.88 Å². The molecule has 0 fully saturated rings. The maximum Gasteiger partial charge on any atom is 0.336 e. The van der Waals surface area contributed by atoms with E-state index in [2.05, 4.69) is 5.32 Å². The third-order valence-electron chi connectivity index (χ3n) is 6.49. The number of fused-ring (bicyclic) bond motifs is 3. The van der Waals surface area contributed by atoms with E-state index in [-0.39, 0.29) is 12.5 Å². The number of carbonyl (C=O) groups is 1. The first-order valence-electron chi connectivity index (χ1n) is 11.4. The molecule has 2 heterocycles. The van der Waals surface area contributed by atoms with Gasteiger partial charge in [0, 0.05) is 18.1 Å². The van der Waals surface area contributed by atoms with Crippen LogP contribution in [0.4, 0.5) is 5.69 Å². The number of nitrogens with zero attached hydrogens (tertiary/aromatic N) is 3. The van der Waals surface area contributed by atoms with Crippen molar-refractivity contribution in [1.29, 1.82) is 0 Å². The number of hydrogen-bond acceptors (Lipinski definition) is 3. The van der Waals surface area contributed by atoms with Crippen LogP contribution in [0.2, 0.25) is 0 Å². The van der Waals surface area contributed by atoms with Gasteiger partial charge in [-0.1, -0.05) is 48.0 Å². The fourth-order valence-corrected chi connectivity index (χ4v) is 4.75. The van der Waals surface area contributed by atoms with Crippen molar-refractivity contribution in [3.63, 3.8) is 0 Å². The standard InChI is InChI=1S/C28H26N4O3/c1-17-13-14-22-21(15-17)25-26(30(22)4)27(34)32(20-11-6-5-7-12-20)28(35)31(25)16-23(33)29-24-18(2)9-8-10-19(24)3/h5-15H,16H2,1-4H3,(H,29,33). The van der Waals surface area contributed by atoms with Gasteiger partial charge in [-0.3, -0.25) is 14.2 Å². The monoisotopic (exact) mass is 466 g/mol. The predicted octanol–water partition coefficient (Wildman–Crippen LogP) is 4.21. The summed E-state index contributed by atoms with van der Waals surface area (Å²) in [5.41, 5.74) is 4.73. The second-order valence-electron chi connectivity index (χ2n) is 8.94. The highest BCUT2D eigenvalue weighted by atomic mass is 16.2. The van der Waals surface area contributed by atoms with E-state index >= 15 is 0 Å². The molecule has 176 valence electrons. The highest BCUT2D eigenvalue weighted by Crippen LogP contribution is 2.27. The van der Waals surface area contributed by atoms with Gasteiger partial charge in [-0.2, -0.15) is 0 Å². The van der Waals surface area contributed by atoms with Crippen molar-refractivity contribution in [2.75, 3.05) is 5.32 Å². The lowest BCUT2D eigenvalue weighted by Crippen LogP contribution is -2.41. The molecular weight excluding hydrogens is 440 g/mol. The van der Waals surface area contributed by atoms with Gasteiger partial charge in [0.15, 0.2) is 0 Å². The van der Waals surface area contributed by atoms with Crippen LogP contribution in [-0.2, 0) is 18.4 Å². The predicted molar refractivity (Wildman–Crippen MR) is 140 cm³/mol. The van der Waals surface area contributed by atoms with Gasteiger partial charge in [0.2, 0.25) is 5.91 Å². The molecule has 1 N–H and O–H groups in total. The van der Waals surface area contributed by atoms with Crippen LogP contribution in [0.15, 0.2) is 76.3 Å². The van der Waals surface area contributed by atoms with E-state index < -0.39 is 11.2 Å². The van der Waals surface area contributed by atoms with Crippen LogP contribution in [0.25, 0.3) is 27.6 Å². The van der Waals surface area contributed by atoms with E-state index in [4.69, 9.17) is 0 Å². The molecule has 3 aromatic carbocycles. The molecule has 5 rings (SSSR count). The normalized spacial score (nSPS) is 11.3. The van der Waals surface area contributed by atoms with Crippen LogP contribution in [0.3, 0.4) is 0 Å². The highest BCUT2D eigenvalue weighted by Gasteiger charge is 2.22. The van der Waals surface area contributed by atoms with Gasteiger partial charge in [-0.25, -0.2) is 9.36 Å². The number of para-hydroxylation sites is 2. The third-order valence-corrected chi connectivity index (χ3v) is 6.49. The van der Waals surface area contributed by atoms with Crippen molar-refractivity contribution in [2.24, 2.45) is 7.05 Å². The van der Waals surface area contributed by atoms with Crippen LogP contribution in [0.1, 0.15) is 16.7 Å². The van der Waals surface area contributed by atoms with Gasteiger partial charge in [0.05, 0.1) is 16.7 Å². The molecule has 5 aromatic rings. The van der Waals surface area contributed by atoms with Gasteiger partial charge in [0.25, 0.3) is 5.56 Å². The topological polar surface area (TPSA) is 78.0 Å². The van der Waals surface area contributed by atoms with E-state index in [9.17, 15) is 14.4 Å². The summed E-state index contributed by atoms with van der Waals surface area (Å²) in [7, 11) is 1.81. The third kappa shape index (κ3) is 3.65. The first kappa shape index (κ1) is 22.4. The fraction of sp³-hybridized carbons (Fsp3) is 0.179. The Morgan fingerprint density at radius 2 is 1.54 bits per heavy atom. The lowest BCUT2D eigenvalue weighted by molar-refractivity contribution is -0.116. The minimum Gasteiger partial charge on any atom is -0.338 e. The Labute approximate surface area is 201 Å². The molecule has 0 saturated heterocycles. The molecule has 0 saturated carbocycles. The molecule has 1 amide bonds. The molecule has 0 bridgehead atoms. The van der Waals surface area contributed by atoms with Crippen molar-refractivity contribution in [2.45, 2.75) is 27.3 Å². The zero-order valence-electron chi connectivity index (χ0n) is 20.1. The lowest BCUT2D eigenvalue weighted by Gasteiger charge is -2.15. The molecule has 0 aliphatic carbocycles. The van der Waals surface area contributed by atoms with Gasteiger partial charge in [-0.05, 0) is 56.2 Å². The van der Waals surface area contributed by atoms with E-state index in [0.29, 0.717) is 16.7 Å². The molecule has 0 spiro atoms. The van der Waals surface area contributed by atoms with Crippen LogP contribution < -0.4 is 16.6 Å². The molecular formula is C28H26N4O3. The van der Waals surface area contributed by atoms with Crippen molar-refractivity contribution in [3.05, 3.63) is 104 Å². The van der Waals surface area contributed by atoms with Gasteiger partial charge in [-0.15, -0.1) is 0 Å². The van der Waals surface area contributed by atoms with Crippen molar-refractivity contribution >= 4 is 33.5 Å². The van der Waals surface area contributed by atoms with Crippen LogP contribution in [0.5, 0.6) is 0 Å². The number of benzene rings is 3. The first-order valence-corrected chi connectivity index (χ1v) is 11.4. The molecule has 0 aliphatic rings. The van der Waals surface area contributed by atoms with E-state index in [1.54, 1.807) is 28.8 Å². The molecule has 0 radical (unpaired) electrons. The number of rotatable bonds is 4. The Morgan fingerprint density at radius 3 is 2.23 bits per heavy atom. The summed E-state index contributed by atoms with van der Waals surface area (Å²) < 4.78 is 4.35. The van der Waals surface area contributed by atoms with E-state index in [1.165, 1.54) is 4.57 Å². The maximum absolute atomic E-state index is 13.8. The summed E-state index contributed by atoms with van der Waals surface area (Å²) in [6.07, 6.45) is 0. The second-order valence-corrected chi connectivity index (χ2v) is 8.94. The number of anilines is 1. The van der Waals surface area contributed by atoms with Crippen molar-refractivity contribution in [3.8, 4) is 5.69 Å². The number of amides is 1. The van der Waals surface area contributed by atoms with Crippen molar-refractivity contribution < 1.29 is 4.79 Å². The Morgan fingerprint density at radius 1 is 0.857 bits per heavy atom. The molecule has 7 nitrogen and oxygen atoms in total. The zero-order valence-corrected chi connectivity index (χ0v) is 20.1. The first-order chi connectivity index (χ1) is 16.8. The van der Waals surface area contributed by atoms with E-state index in [0.717, 1.165) is 37.8 Å². The van der Waals surface area contributed by atoms with E-state index in [1.807, 2.05) is 70.3 Å². The Hall–Kier alpha value is -4.39. The number of hydrogen-bond donors (Lipinski definition) is 1.